The van der Waals surface area contributed by atoms with Gasteiger partial charge in [-0.15, -0.1) is 0 Å². The number of hydrogen-bond donors (Lipinski definition) is 2. The van der Waals surface area contributed by atoms with Crippen molar-refractivity contribution in [1.29, 1.82) is 0 Å². The summed E-state index contributed by atoms with van der Waals surface area (Å²) in [4.78, 5) is 11.4. The van der Waals surface area contributed by atoms with E-state index in [4.69, 9.17) is 10.5 Å². The number of amides is 1. The van der Waals surface area contributed by atoms with Gasteiger partial charge < -0.3 is 15.8 Å². The molecule has 1 aliphatic heterocycles. The highest BCUT2D eigenvalue weighted by Crippen LogP contribution is 2.32. The molecule has 2 aromatic rings. The molecule has 4 nitrogen and oxygen atoms in total. The lowest BCUT2D eigenvalue weighted by Gasteiger charge is -2.21. The molecule has 0 bridgehead atoms. The molecule has 2 aromatic carbocycles. The maximum Gasteiger partial charge on any atom is 0.262 e. The minimum absolute atomic E-state index is 0.0650. The first-order valence-corrected chi connectivity index (χ1v) is 6.93. The minimum atomic E-state index is -0.229. The highest BCUT2D eigenvalue weighted by molar-refractivity contribution is 5.95. The first-order valence-electron chi connectivity index (χ1n) is 6.93. The normalized spacial score (nSPS) is 14.9. The number of hydrogen-bond acceptors (Lipinski definition) is 3. The number of carbonyl (C=O) groups excluding carboxylic acids is 1. The number of fused-ring (bicyclic) bond motifs is 1. The number of benzene rings is 2. The Morgan fingerprint density at radius 2 is 1.81 bits per heavy atom. The van der Waals surface area contributed by atoms with Crippen LogP contribution in [0.2, 0.25) is 0 Å². The molecule has 1 amide bonds. The van der Waals surface area contributed by atoms with Crippen molar-refractivity contribution in [2.24, 2.45) is 5.73 Å². The Bertz CT molecular complexity index is 690. The lowest BCUT2D eigenvalue weighted by Crippen LogP contribution is -2.25. The Morgan fingerprint density at radius 3 is 2.52 bits per heavy atom. The van der Waals surface area contributed by atoms with Crippen LogP contribution in [0.25, 0.3) is 0 Å². The van der Waals surface area contributed by atoms with Crippen molar-refractivity contribution < 1.29 is 9.53 Å². The van der Waals surface area contributed by atoms with Crippen molar-refractivity contribution in [3.8, 4) is 5.75 Å². The smallest absolute Gasteiger partial charge is 0.262 e. The number of rotatable bonds is 2. The van der Waals surface area contributed by atoms with Crippen LogP contribution in [-0.2, 0) is 4.79 Å². The van der Waals surface area contributed by atoms with Crippen molar-refractivity contribution in [2.45, 2.75) is 19.9 Å². The van der Waals surface area contributed by atoms with Gasteiger partial charge in [-0.2, -0.15) is 0 Å². The molecule has 0 aliphatic carbocycles. The van der Waals surface area contributed by atoms with Crippen LogP contribution in [0.1, 0.15) is 28.3 Å². The molecule has 0 aromatic heterocycles. The van der Waals surface area contributed by atoms with Gasteiger partial charge in [-0.3, -0.25) is 4.79 Å². The van der Waals surface area contributed by atoms with Crippen LogP contribution in [0.5, 0.6) is 5.75 Å². The molecule has 108 valence electrons. The van der Waals surface area contributed by atoms with Gasteiger partial charge in [-0.25, -0.2) is 0 Å². The Morgan fingerprint density at radius 1 is 1.10 bits per heavy atom. The molecule has 0 radical (unpaired) electrons. The van der Waals surface area contributed by atoms with Gasteiger partial charge in [0.1, 0.15) is 5.75 Å². The fraction of sp³-hybridized carbons (Fsp3) is 0.235. The van der Waals surface area contributed by atoms with Crippen LogP contribution < -0.4 is 15.8 Å². The minimum Gasteiger partial charge on any atom is -0.482 e. The number of aryl methyl sites for hydroxylation is 2. The molecule has 1 heterocycles. The van der Waals surface area contributed by atoms with Gasteiger partial charge in [-0.05, 0) is 37.1 Å². The topological polar surface area (TPSA) is 64.3 Å². The van der Waals surface area contributed by atoms with Gasteiger partial charge in [0.05, 0.1) is 11.7 Å². The lowest BCUT2D eigenvalue weighted by molar-refractivity contribution is -0.118. The van der Waals surface area contributed by atoms with Gasteiger partial charge in [0, 0.05) is 0 Å². The average molecular weight is 282 g/mol. The summed E-state index contributed by atoms with van der Waals surface area (Å²) in [6.45, 7) is 4.18. The molecular formula is C17H18N2O2. The predicted octanol–water partition coefficient (Wildman–Crippen LogP) is 2.68. The number of nitrogens with two attached hydrogens (primary N) is 1. The monoisotopic (exact) mass is 282 g/mol. The van der Waals surface area contributed by atoms with E-state index >= 15 is 0 Å². The van der Waals surface area contributed by atoms with E-state index in [9.17, 15) is 4.79 Å². The maximum absolute atomic E-state index is 11.4. The number of ether oxygens (including phenoxy) is 1. The quantitative estimate of drug-likeness (QED) is 0.890. The van der Waals surface area contributed by atoms with E-state index in [1.807, 2.05) is 18.2 Å². The van der Waals surface area contributed by atoms with Gasteiger partial charge in [0.2, 0.25) is 0 Å². The van der Waals surface area contributed by atoms with Crippen molar-refractivity contribution in [2.75, 3.05) is 11.9 Å². The first kappa shape index (κ1) is 13.6. The third-order valence-corrected chi connectivity index (χ3v) is 3.60. The van der Waals surface area contributed by atoms with Gasteiger partial charge in [0.15, 0.2) is 6.61 Å². The Kier molecular flexibility index (Phi) is 3.39. The van der Waals surface area contributed by atoms with E-state index in [1.54, 1.807) is 0 Å². The van der Waals surface area contributed by atoms with Crippen molar-refractivity contribution in [3.05, 3.63) is 58.7 Å². The average Bonchev–Trinajstić information content (AvgIpc) is 2.44. The van der Waals surface area contributed by atoms with Crippen LogP contribution in [0.4, 0.5) is 5.69 Å². The summed E-state index contributed by atoms with van der Waals surface area (Å²) in [5.74, 6) is 0.547. The molecule has 0 saturated carbocycles. The lowest BCUT2D eigenvalue weighted by atomic mass is 9.96. The highest BCUT2D eigenvalue weighted by Gasteiger charge is 2.18. The van der Waals surface area contributed by atoms with E-state index in [-0.39, 0.29) is 18.6 Å². The molecular weight excluding hydrogens is 264 g/mol. The second kappa shape index (κ2) is 5.22. The van der Waals surface area contributed by atoms with E-state index in [1.165, 1.54) is 11.1 Å². The summed E-state index contributed by atoms with van der Waals surface area (Å²) < 4.78 is 5.36. The van der Waals surface area contributed by atoms with Crippen molar-refractivity contribution >= 4 is 11.6 Å². The SMILES string of the molecule is Cc1cc(C)cc(C(N)c2ccc3c(c2)NC(=O)CO3)c1. The molecule has 1 atom stereocenters. The summed E-state index contributed by atoms with van der Waals surface area (Å²) in [5.41, 5.74) is 11.4. The zero-order valence-electron chi connectivity index (χ0n) is 12.1. The van der Waals surface area contributed by atoms with E-state index < -0.39 is 0 Å². The van der Waals surface area contributed by atoms with Crippen LogP contribution >= 0.6 is 0 Å². The second-order valence-corrected chi connectivity index (χ2v) is 5.49. The van der Waals surface area contributed by atoms with E-state index in [2.05, 4.69) is 37.4 Å². The second-order valence-electron chi connectivity index (χ2n) is 5.49. The third kappa shape index (κ3) is 2.76. The molecule has 4 heteroatoms. The molecule has 21 heavy (non-hydrogen) atoms. The van der Waals surface area contributed by atoms with Gasteiger partial charge >= 0.3 is 0 Å². The molecule has 0 fully saturated rings. The standard InChI is InChI=1S/C17H18N2O2/c1-10-5-11(2)7-13(6-10)17(18)12-3-4-15-14(8-12)19-16(20)9-21-15/h3-8,17H,9,18H2,1-2H3,(H,19,20). The first-order chi connectivity index (χ1) is 10.0. The molecule has 1 aliphatic rings. The summed E-state index contributed by atoms with van der Waals surface area (Å²) in [5, 5.41) is 2.81. The molecule has 0 saturated heterocycles. The van der Waals surface area contributed by atoms with Crippen LogP contribution in [0.15, 0.2) is 36.4 Å². The Hall–Kier alpha value is -2.33. The van der Waals surface area contributed by atoms with Gasteiger partial charge in [0.25, 0.3) is 5.91 Å². The number of carbonyl (C=O) groups is 1. The number of anilines is 1. The Balaban J connectivity index is 1.96. The summed E-state index contributed by atoms with van der Waals surface area (Å²) in [6, 6.07) is 11.8. The highest BCUT2D eigenvalue weighted by atomic mass is 16.5. The summed E-state index contributed by atoms with van der Waals surface area (Å²) >= 11 is 0. The van der Waals surface area contributed by atoms with E-state index in [0.717, 1.165) is 11.1 Å². The molecule has 0 spiro atoms. The summed E-state index contributed by atoms with van der Waals surface area (Å²) in [6.07, 6.45) is 0. The zero-order valence-corrected chi connectivity index (χ0v) is 12.1. The molecule has 3 N–H and O–H groups in total. The van der Waals surface area contributed by atoms with Crippen molar-refractivity contribution in [3.63, 3.8) is 0 Å². The Labute approximate surface area is 123 Å². The van der Waals surface area contributed by atoms with Gasteiger partial charge in [-0.1, -0.05) is 35.4 Å². The van der Waals surface area contributed by atoms with E-state index in [0.29, 0.717) is 11.4 Å². The maximum atomic E-state index is 11.4. The van der Waals surface area contributed by atoms with Crippen LogP contribution in [-0.4, -0.2) is 12.5 Å². The fourth-order valence-corrected chi connectivity index (χ4v) is 2.68. The van der Waals surface area contributed by atoms with Crippen molar-refractivity contribution in [1.82, 2.24) is 0 Å². The summed E-state index contributed by atoms with van der Waals surface area (Å²) in [7, 11) is 0. The molecule has 3 rings (SSSR count). The molecule has 1 unspecified atom stereocenters. The third-order valence-electron chi connectivity index (χ3n) is 3.60. The fourth-order valence-electron chi connectivity index (χ4n) is 2.68. The number of nitrogens with one attached hydrogen (secondary N) is 1. The van der Waals surface area contributed by atoms with Crippen LogP contribution in [0, 0.1) is 13.8 Å². The predicted molar refractivity (Wildman–Crippen MR) is 82.5 cm³/mol. The van der Waals surface area contributed by atoms with Crippen LogP contribution in [0.3, 0.4) is 0 Å². The zero-order chi connectivity index (χ0) is 15.0. The largest absolute Gasteiger partial charge is 0.482 e.